The Morgan fingerprint density at radius 3 is 1.81 bits per heavy atom. The van der Waals surface area contributed by atoms with Gasteiger partial charge in [0.05, 0.1) is 5.56 Å². The first-order valence-corrected chi connectivity index (χ1v) is 8.74. The van der Waals surface area contributed by atoms with Gasteiger partial charge in [-0.05, 0) is 66.9 Å². The summed E-state index contributed by atoms with van der Waals surface area (Å²) in [6.45, 7) is 3.79. The van der Waals surface area contributed by atoms with Crippen LogP contribution in [0.5, 0.6) is 0 Å². The first-order valence-electron chi connectivity index (χ1n) is 8.74. The smallest absolute Gasteiger partial charge is 0.140 e. The minimum absolute atomic E-state index is 0.300. The maximum absolute atomic E-state index is 14.3. The fourth-order valence-corrected chi connectivity index (χ4v) is 2.47. The molecule has 0 N–H and O–H groups in total. The molecule has 0 spiro atoms. The van der Waals surface area contributed by atoms with Crippen LogP contribution in [0.4, 0.5) is 8.78 Å². The molecule has 0 fully saturated rings. The molecule has 0 atom stereocenters. The van der Waals surface area contributed by atoms with Crippen LogP contribution in [0.15, 0.2) is 60.7 Å². The van der Waals surface area contributed by atoms with Crippen molar-refractivity contribution in [1.82, 2.24) is 0 Å². The lowest BCUT2D eigenvalue weighted by Gasteiger charge is -1.98. The summed E-state index contributed by atoms with van der Waals surface area (Å²) in [5.41, 5.74) is 4.05. The molecule has 132 valence electrons. The summed E-state index contributed by atoms with van der Waals surface area (Å²) >= 11 is 0. The van der Waals surface area contributed by atoms with Crippen LogP contribution in [-0.2, 0) is 6.42 Å². The second-order valence-electron chi connectivity index (χ2n) is 6.21. The highest BCUT2D eigenvalue weighted by molar-refractivity contribution is 5.49. The highest BCUT2D eigenvalue weighted by Gasteiger charge is 2.01. The van der Waals surface area contributed by atoms with E-state index in [1.807, 2.05) is 24.3 Å². The molecule has 0 amide bonds. The van der Waals surface area contributed by atoms with Crippen LogP contribution in [0.2, 0.25) is 0 Å². The lowest BCUT2D eigenvalue weighted by atomic mass is 10.1. The maximum atomic E-state index is 14.3. The Kier molecular flexibility index (Phi) is 5.70. The molecule has 0 aliphatic heterocycles. The van der Waals surface area contributed by atoms with E-state index in [0.29, 0.717) is 22.3 Å². The molecule has 3 aromatic carbocycles. The molecule has 0 saturated heterocycles. The molecule has 0 saturated carbocycles. The van der Waals surface area contributed by atoms with E-state index in [1.54, 1.807) is 31.2 Å². The summed E-state index contributed by atoms with van der Waals surface area (Å²) < 4.78 is 27.8. The zero-order valence-electron chi connectivity index (χ0n) is 15.2. The van der Waals surface area contributed by atoms with E-state index in [1.165, 1.54) is 17.7 Å². The van der Waals surface area contributed by atoms with Crippen molar-refractivity contribution in [1.29, 1.82) is 0 Å². The average Bonchev–Trinajstić information content (AvgIpc) is 2.68. The molecule has 0 aromatic heterocycles. The molecule has 0 radical (unpaired) electrons. The third-order valence-corrected chi connectivity index (χ3v) is 4.20. The van der Waals surface area contributed by atoms with Crippen molar-refractivity contribution in [2.75, 3.05) is 0 Å². The first-order chi connectivity index (χ1) is 13.0. The summed E-state index contributed by atoms with van der Waals surface area (Å²) in [7, 11) is 0. The highest BCUT2D eigenvalue weighted by atomic mass is 19.1. The predicted octanol–water partition coefficient (Wildman–Crippen LogP) is 5.64. The van der Waals surface area contributed by atoms with Crippen molar-refractivity contribution < 1.29 is 8.78 Å². The summed E-state index contributed by atoms with van der Waals surface area (Å²) in [5.74, 6) is 10.8. The number of halogens is 2. The van der Waals surface area contributed by atoms with Crippen molar-refractivity contribution in [2.24, 2.45) is 0 Å². The molecule has 0 bridgehead atoms. The Hall–Kier alpha value is -3.36. The molecular weight excluding hydrogens is 338 g/mol. The highest BCUT2D eigenvalue weighted by Crippen LogP contribution is 2.11. The van der Waals surface area contributed by atoms with Crippen LogP contribution in [0.1, 0.15) is 40.3 Å². The molecule has 27 heavy (non-hydrogen) atoms. The number of hydrogen-bond acceptors (Lipinski definition) is 0. The zero-order valence-corrected chi connectivity index (χ0v) is 15.2. The number of rotatable bonds is 1. The van der Waals surface area contributed by atoms with Gasteiger partial charge < -0.3 is 0 Å². The van der Waals surface area contributed by atoms with Gasteiger partial charge in [0.25, 0.3) is 0 Å². The van der Waals surface area contributed by atoms with Crippen molar-refractivity contribution in [2.45, 2.75) is 20.3 Å². The van der Waals surface area contributed by atoms with Crippen molar-refractivity contribution in [3.8, 4) is 23.7 Å². The Bertz CT molecular complexity index is 1090. The monoisotopic (exact) mass is 356 g/mol. The van der Waals surface area contributed by atoms with Gasteiger partial charge >= 0.3 is 0 Å². The number of aryl methyl sites for hydroxylation is 2. The summed E-state index contributed by atoms with van der Waals surface area (Å²) in [5, 5.41) is 0. The van der Waals surface area contributed by atoms with Crippen LogP contribution in [-0.4, -0.2) is 0 Å². The normalized spacial score (nSPS) is 9.78. The van der Waals surface area contributed by atoms with Crippen LogP contribution < -0.4 is 0 Å². The van der Waals surface area contributed by atoms with Gasteiger partial charge in [0.1, 0.15) is 11.6 Å². The third-order valence-electron chi connectivity index (χ3n) is 4.20. The summed E-state index contributed by atoms with van der Waals surface area (Å²) in [4.78, 5) is 0. The number of hydrogen-bond donors (Lipinski definition) is 0. The molecule has 0 heterocycles. The minimum atomic E-state index is -0.422. The van der Waals surface area contributed by atoms with E-state index >= 15 is 0 Å². The van der Waals surface area contributed by atoms with Crippen LogP contribution in [0, 0.1) is 42.2 Å². The van der Waals surface area contributed by atoms with Gasteiger partial charge in [-0.25, -0.2) is 8.78 Å². The zero-order chi connectivity index (χ0) is 19.2. The molecule has 0 nitrogen and oxygen atoms in total. The van der Waals surface area contributed by atoms with Gasteiger partial charge in [0.2, 0.25) is 0 Å². The van der Waals surface area contributed by atoms with Crippen molar-refractivity contribution in [3.05, 3.63) is 106 Å². The lowest BCUT2D eigenvalue weighted by Crippen LogP contribution is -1.87. The predicted molar refractivity (Wildman–Crippen MR) is 105 cm³/mol. The molecule has 0 aliphatic rings. The molecular formula is C25H18F2. The van der Waals surface area contributed by atoms with Gasteiger partial charge in [-0.1, -0.05) is 48.8 Å². The van der Waals surface area contributed by atoms with E-state index in [4.69, 9.17) is 0 Å². The average molecular weight is 356 g/mol. The van der Waals surface area contributed by atoms with Crippen LogP contribution in [0.25, 0.3) is 0 Å². The maximum Gasteiger partial charge on any atom is 0.140 e. The second kappa shape index (κ2) is 8.35. The quantitative estimate of drug-likeness (QED) is 0.495. The Labute approximate surface area is 158 Å². The minimum Gasteiger partial charge on any atom is -0.207 e. The molecule has 3 rings (SSSR count). The fourth-order valence-electron chi connectivity index (χ4n) is 2.47. The van der Waals surface area contributed by atoms with E-state index < -0.39 is 5.82 Å². The van der Waals surface area contributed by atoms with Gasteiger partial charge in [-0.3, -0.25) is 0 Å². The molecule has 0 unspecified atom stereocenters. The largest absolute Gasteiger partial charge is 0.207 e. The summed E-state index contributed by atoms with van der Waals surface area (Å²) in [6.07, 6.45) is 0.972. The summed E-state index contributed by atoms with van der Waals surface area (Å²) in [6, 6.07) is 17.4. The van der Waals surface area contributed by atoms with E-state index in [9.17, 15) is 8.78 Å². The van der Waals surface area contributed by atoms with E-state index in [2.05, 4.69) is 30.6 Å². The molecule has 3 aromatic rings. The lowest BCUT2D eigenvalue weighted by molar-refractivity contribution is 0.618. The fraction of sp³-hybridized carbons (Fsp3) is 0.120. The van der Waals surface area contributed by atoms with Crippen molar-refractivity contribution >= 4 is 0 Å². The van der Waals surface area contributed by atoms with Gasteiger partial charge in [0, 0.05) is 16.7 Å². The van der Waals surface area contributed by atoms with Gasteiger partial charge in [0.15, 0.2) is 0 Å². The SMILES string of the molecule is CCc1ccc(C#Cc2ccc(C#Cc3ccc(C)c(F)c3)cc2F)cc1. The number of benzene rings is 3. The second-order valence-corrected chi connectivity index (χ2v) is 6.21. The standard InChI is InChI=1S/C25H18F2/c1-3-19-6-8-20(9-7-19)12-14-23-15-13-22(17-25(23)27)11-10-21-5-4-18(2)24(26)16-21/h4-9,13,15-17H,3H2,1-2H3. The Morgan fingerprint density at radius 1 is 0.667 bits per heavy atom. The molecule has 2 heteroatoms. The third kappa shape index (κ3) is 4.84. The Balaban J connectivity index is 1.79. The Morgan fingerprint density at radius 2 is 1.22 bits per heavy atom. The topological polar surface area (TPSA) is 0 Å². The van der Waals surface area contributed by atoms with Crippen molar-refractivity contribution in [3.63, 3.8) is 0 Å². The van der Waals surface area contributed by atoms with E-state index in [0.717, 1.165) is 12.0 Å². The van der Waals surface area contributed by atoms with Gasteiger partial charge in [-0.15, -0.1) is 0 Å². The molecule has 0 aliphatic carbocycles. The van der Waals surface area contributed by atoms with E-state index in [-0.39, 0.29) is 5.82 Å². The first kappa shape index (κ1) is 18.4. The van der Waals surface area contributed by atoms with Gasteiger partial charge in [-0.2, -0.15) is 0 Å². The van der Waals surface area contributed by atoms with Crippen LogP contribution in [0.3, 0.4) is 0 Å². The van der Waals surface area contributed by atoms with Crippen LogP contribution >= 0.6 is 0 Å².